The highest BCUT2D eigenvalue weighted by Gasteiger charge is 2.45. The predicted octanol–water partition coefficient (Wildman–Crippen LogP) is 4.67. The quantitative estimate of drug-likeness (QED) is 0.666. The fraction of sp³-hybridized carbons (Fsp3) is 0.458. The van der Waals surface area contributed by atoms with Crippen molar-refractivity contribution < 1.29 is 28.5 Å². The van der Waals surface area contributed by atoms with Crippen LogP contribution in [0.1, 0.15) is 45.2 Å². The standard InChI is InChI=1S/C24H29F2NO4/c1-15(2)24(13-20(29)14-28)10-11-27(23(30)31-24)16(3)17-4-6-18(7-5-17)21-9-8-19(25)12-22(21)26/h4-9,12,15-16,20,28-29H,10-11,13-14H2,1-3H3/t16-,20?,24?/m0/s1. The number of carbonyl (C=O) groups is 1. The monoisotopic (exact) mass is 433 g/mol. The summed E-state index contributed by atoms with van der Waals surface area (Å²) in [6.07, 6.45) is -0.686. The number of rotatable bonds is 7. The Kier molecular flexibility index (Phi) is 6.96. The van der Waals surface area contributed by atoms with Crippen LogP contribution in [0.2, 0.25) is 0 Å². The van der Waals surface area contributed by atoms with Gasteiger partial charge in [0.25, 0.3) is 0 Å². The number of carbonyl (C=O) groups excluding carboxylic acids is 1. The molecule has 7 heteroatoms. The molecule has 3 atom stereocenters. The van der Waals surface area contributed by atoms with Crippen LogP contribution < -0.4 is 0 Å². The van der Waals surface area contributed by atoms with E-state index in [4.69, 9.17) is 4.74 Å². The van der Waals surface area contributed by atoms with Gasteiger partial charge in [0.1, 0.15) is 17.2 Å². The average molecular weight is 433 g/mol. The summed E-state index contributed by atoms with van der Waals surface area (Å²) < 4.78 is 33.0. The van der Waals surface area contributed by atoms with Gasteiger partial charge >= 0.3 is 6.09 Å². The number of hydrogen-bond donors (Lipinski definition) is 2. The number of amides is 1. The molecule has 2 aromatic carbocycles. The number of aliphatic hydroxyl groups is 2. The fourth-order valence-corrected chi connectivity index (χ4v) is 4.13. The number of ether oxygens (including phenoxy) is 1. The normalized spacial score (nSPS) is 21.2. The van der Waals surface area contributed by atoms with Crippen molar-refractivity contribution in [3.8, 4) is 11.1 Å². The summed E-state index contributed by atoms with van der Waals surface area (Å²) in [5.41, 5.74) is 0.962. The third-order valence-electron chi connectivity index (χ3n) is 6.25. The molecule has 0 spiro atoms. The van der Waals surface area contributed by atoms with E-state index in [1.54, 1.807) is 17.0 Å². The Bertz CT molecular complexity index is 918. The number of aliphatic hydroxyl groups excluding tert-OH is 2. The summed E-state index contributed by atoms with van der Waals surface area (Å²) in [5.74, 6) is -1.27. The maximum absolute atomic E-state index is 14.0. The summed E-state index contributed by atoms with van der Waals surface area (Å²) in [6, 6.07) is 10.3. The Balaban J connectivity index is 1.74. The highest BCUT2D eigenvalue weighted by molar-refractivity contribution is 5.70. The van der Waals surface area contributed by atoms with E-state index in [-0.39, 0.29) is 25.0 Å². The van der Waals surface area contributed by atoms with E-state index >= 15 is 0 Å². The summed E-state index contributed by atoms with van der Waals surface area (Å²) in [6.45, 7) is 5.82. The number of cyclic esters (lactones) is 1. The lowest BCUT2D eigenvalue weighted by Crippen LogP contribution is -2.54. The third-order valence-corrected chi connectivity index (χ3v) is 6.25. The third kappa shape index (κ3) is 4.88. The topological polar surface area (TPSA) is 70.0 Å². The molecule has 2 N–H and O–H groups in total. The SMILES string of the molecule is CC(C)C1(CC(O)CO)CCN([C@@H](C)c2ccc(-c3ccc(F)cc3F)cc2)C(=O)O1. The predicted molar refractivity (Wildman–Crippen MR) is 113 cm³/mol. The van der Waals surface area contributed by atoms with Crippen LogP contribution in [0.4, 0.5) is 13.6 Å². The lowest BCUT2D eigenvalue weighted by Gasteiger charge is -2.46. The van der Waals surface area contributed by atoms with Crippen molar-refractivity contribution >= 4 is 6.09 Å². The van der Waals surface area contributed by atoms with Crippen LogP contribution in [-0.2, 0) is 4.74 Å². The van der Waals surface area contributed by atoms with E-state index in [1.165, 1.54) is 12.1 Å². The Hall–Kier alpha value is -2.51. The molecule has 0 aliphatic carbocycles. The summed E-state index contributed by atoms with van der Waals surface area (Å²) in [7, 11) is 0. The van der Waals surface area contributed by atoms with Gasteiger partial charge in [0.2, 0.25) is 0 Å². The fourth-order valence-electron chi connectivity index (χ4n) is 4.13. The molecule has 0 radical (unpaired) electrons. The molecule has 0 aromatic heterocycles. The van der Waals surface area contributed by atoms with E-state index in [1.807, 2.05) is 32.9 Å². The molecule has 1 fully saturated rings. The van der Waals surface area contributed by atoms with Crippen LogP contribution in [0.5, 0.6) is 0 Å². The van der Waals surface area contributed by atoms with Gasteiger partial charge in [0.15, 0.2) is 0 Å². The number of nitrogens with zero attached hydrogens (tertiary/aromatic N) is 1. The van der Waals surface area contributed by atoms with Crippen LogP contribution in [0.15, 0.2) is 42.5 Å². The van der Waals surface area contributed by atoms with Crippen molar-refractivity contribution in [1.29, 1.82) is 0 Å². The van der Waals surface area contributed by atoms with Gasteiger partial charge in [0, 0.05) is 31.0 Å². The molecule has 1 aliphatic rings. The van der Waals surface area contributed by atoms with Gasteiger partial charge in [-0.2, -0.15) is 0 Å². The molecule has 31 heavy (non-hydrogen) atoms. The Labute approximate surface area is 181 Å². The molecule has 5 nitrogen and oxygen atoms in total. The highest BCUT2D eigenvalue weighted by atomic mass is 19.1. The maximum Gasteiger partial charge on any atom is 0.410 e. The van der Waals surface area contributed by atoms with Crippen molar-refractivity contribution in [2.45, 2.75) is 51.4 Å². The van der Waals surface area contributed by atoms with Crippen molar-refractivity contribution in [2.75, 3.05) is 13.2 Å². The second-order valence-electron chi connectivity index (χ2n) is 8.49. The van der Waals surface area contributed by atoms with Gasteiger partial charge in [-0.05, 0) is 36.1 Å². The lowest BCUT2D eigenvalue weighted by molar-refractivity contribution is -0.108. The van der Waals surface area contributed by atoms with Crippen LogP contribution in [-0.4, -0.2) is 46.1 Å². The number of halogens is 2. The van der Waals surface area contributed by atoms with Gasteiger partial charge < -0.3 is 19.8 Å². The van der Waals surface area contributed by atoms with E-state index in [0.29, 0.717) is 24.1 Å². The summed E-state index contributed by atoms with van der Waals surface area (Å²) in [4.78, 5) is 14.5. The van der Waals surface area contributed by atoms with E-state index in [0.717, 1.165) is 11.6 Å². The van der Waals surface area contributed by atoms with Gasteiger partial charge in [0.05, 0.1) is 18.8 Å². The van der Waals surface area contributed by atoms with E-state index in [2.05, 4.69) is 0 Å². The largest absolute Gasteiger partial charge is 0.442 e. The zero-order valence-corrected chi connectivity index (χ0v) is 18.0. The highest BCUT2D eigenvalue weighted by Crippen LogP contribution is 2.38. The summed E-state index contributed by atoms with van der Waals surface area (Å²) in [5, 5.41) is 19.1. The average Bonchev–Trinajstić information content (AvgIpc) is 2.73. The number of benzene rings is 2. The maximum atomic E-state index is 14.0. The van der Waals surface area contributed by atoms with Gasteiger partial charge in [-0.1, -0.05) is 38.1 Å². The Morgan fingerprint density at radius 1 is 1.13 bits per heavy atom. The van der Waals surface area contributed by atoms with Gasteiger partial charge in [-0.15, -0.1) is 0 Å². The molecule has 1 amide bonds. The van der Waals surface area contributed by atoms with Crippen molar-refractivity contribution in [3.05, 3.63) is 59.7 Å². The molecule has 1 heterocycles. The van der Waals surface area contributed by atoms with Crippen LogP contribution in [0, 0.1) is 17.6 Å². The zero-order valence-electron chi connectivity index (χ0n) is 18.0. The molecule has 1 aliphatic heterocycles. The Morgan fingerprint density at radius 3 is 2.35 bits per heavy atom. The Morgan fingerprint density at radius 2 is 1.81 bits per heavy atom. The molecule has 1 saturated heterocycles. The van der Waals surface area contributed by atoms with E-state index in [9.17, 15) is 23.8 Å². The van der Waals surface area contributed by atoms with E-state index < -0.39 is 29.4 Å². The van der Waals surface area contributed by atoms with Crippen LogP contribution in [0.3, 0.4) is 0 Å². The first-order chi connectivity index (χ1) is 14.7. The smallest absolute Gasteiger partial charge is 0.410 e. The minimum Gasteiger partial charge on any atom is -0.442 e. The van der Waals surface area contributed by atoms with Crippen LogP contribution >= 0.6 is 0 Å². The minimum atomic E-state index is -0.946. The molecule has 168 valence electrons. The second kappa shape index (κ2) is 9.32. The molecule has 2 aromatic rings. The molecular weight excluding hydrogens is 404 g/mol. The first-order valence-corrected chi connectivity index (χ1v) is 10.5. The first-order valence-electron chi connectivity index (χ1n) is 10.5. The molecule has 0 bridgehead atoms. The first kappa shape index (κ1) is 23.2. The molecular formula is C24H29F2NO4. The molecule has 0 saturated carbocycles. The summed E-state index contributed by atoms with van der Waals surface area (Å²) >= 11 is 0. The van der Waals surface area contributed by atoms with Crippen molar-refractivity contribution in [2.24, 2.45) is 5.92 Å². The van der Waals surface area contributed by atoms with Gasteiger partial charge in [-0.25, -0.2) is 13.6 Å². The lowest BCUT2D eigenvalue weighted by atomic mass is 9.81. The van der Waals surface area contributed by atoms with Crippen LogP contribution in [0.25, 0.3) is 11.1 Å². The van der Waals surface area contributed by atoms with Crippen molar-refractivity contribution in [1.82, 2.24) is 4.90 Å². The molecule has 3 rings (SSSR count). The minimum absolute atomic E-state index is 0.0139. The molecule has 2 unspecified atom stereocenters. The zero-order chi connectivity index (χ0) is 22.8. The van der Waals surface area contributed by atoms with Gasteiger partial charge in [-0.3, -0.25) is 0 Å². The number of hydrogen-bond acceptors (Lipinski definition) is 4. The second-order valence-corrected chi connectivity index (χ2v) is 8.49. The van der Waals surface area contributed by atoms with Crippen molar-refractivity contribution in [3.63, 3.8) is 0 Å².